The quantitative estimate of drug-likeness (QED) is 0.258. The van der Waals surface area contributed by atoms with Crippen molar-refractivity contribution in [2.45, 2.75) is 6.92 Å². The maximum absolute atomic E-state index is 12.9. The number of azo groups is 1. The predicted octanol–water partition coefficient (Wildman–Crippen LogP) is 5.78. The SMILES string of the molecule is CC(=O)c1ccc(N=N/C(C(=O)c2ccccc2)=C(\O)c2ccccc2)cc1. The Morgan fingerprint density at radius 3 is 1.79 bits per heavy atom. The summed E-state index contributed by atoms with van der Waals surface area (Å²) in [5.74, 6) is -0.741. The van der Waals surface area contributed by atoms with Crippen molar-refractivity contribution in [1.29, 1.82) is 0 Å². The highest BCUT2D eigenvalue weighted by molar-refractivity contribution is 6.12. The van der Waals surface area contributed by atoms with Crippen LogP contribution in [0.1, 0.15) is 33.2 Å². The Bertz CT molecular complexity index is 1040. The van der Waals surface area contributed by atoms with Crippen LogP contribution in [-0.4, -0.2) is 16.7 Å². The first-order valence-corrected chi connectivity index (χ1v) is 8.67. The number of carbonyl (C=O) groups excluding carboxylic acids is 2. The molecule has 3 rings (SSSR count). The zero-order valence-corrected chi connectivity index (χ0v) is 15.2. The number of hydrogen-bond donors (Lipinski definition) is 1. The second kappa shape index (κ2) is 8.68. The van der Waals surface area contributed by atoms with E-state index in [1.165, 1.54) is 6.92 Å². The number of rotatable bonds is 6. The van der Waals surface area contributed by atoms with Crippen LogP contribution in [0, 0.1) is 0 Å². The fraction of sp³-hybridized carbons (Fsp3) is 0.0435. The number of aliphatic hydroxyl groups excluding tert-OH is 1. The van der Waals surface area contributed by atoms with Gasteiger partial charge in [0.15, 0.2) is 17.2 Å². The summed E-state index contributed by atoms with van der Waals surface area (Å²) in [5.41, 5.74) is 1.72. The monoisotopic (exact) mass is 370 g/mol. The lowest BCUT2D eigenvalue weighted by molar-refractivity contribution is 0.101. The van der Waals surface area contributed by atoms with Crippen molar-refractivity contribution in [3.05, 3.63) is 107 Å². The van der Waals surface area contributed by atoms with Crippen LogP contribution in [0.2, 0.25) is 0 Å². The first kappa shape index (κ1) is 18.9. The summed E-state index contributed by atoms with van der Waals surface area (Å²) in [7, 11) is 0. The minimum Gasteiger partial charge on any atom is -0.505 e. The highest BCUT2D eigenvalue weighted by Gasteiger charge is 2.18. The molecular formula is C23H18N2O3. The number of carbonyl (C=O) groups is 2. The molecule has 0 saturated carbocycles. The molecule has 0 atom stereocenters. The molecule has 3 aromatic carbocycles. The summed E-state index contributed by atoms with van der Waals surface area (Å²) in [6.07, 6.45) is 0. The molecule has 0 fully saturated rings. The number of nitrogens with zero attached hydrogens (tertiary/aromatic N) is 2. The van der Waals surface area contributed by atoms with E-state index in [-0.39, 0.29) is 17.2 Å². The van der Waals surface area contributed by atoms with Crippen molar-refractivity contribution in [3.63, 3.8) is 0 Å². The molecule has 5 heteroatoms. The van der Waals surface area contributed by atoms with Crippen LogP contribution in [0.15, 0.2) is 101 Å². The Kier molecular flexibility index (Phi) is 5.87. The van der Waals surface area contributed by atoms with E-state index in [1.54, 1.807) is 78.9 Å². The molecule has 0 radical (unpaired) electrons. The number of benzene rings is 3. The molecule has 3 aromatic rings. The number of hydrogen-bond acceptors (Lipinski definition) is 5. The van der Waals surface area contributed by atoms with Crippen LogP contribution in [0.3, 0.4) is 0 Å². The van der Waals surface area contributed by atoms with Crippen LogP contribution in [0.4, 0.5) is 5.69 Å². The second-order valence-electron chi connectivity index (χ2n) is 6.06. The van der Waals surface area contributed by atoms with Gasteiger partial charge >= 0.3 is 0 Å². The largest absolute Gasteiger partial charge is 0.505 e. The summed E-state index contributed by atoms with van der Waals surface area (Å²) < 4.78 is 0. The van der Waals surface area contributed by atoms with Gasteiger partial charge in [-0.3, -0.25) is 9.59 Å². The normalized spacial score (nSPS) is 11.9. The van der Waals surface area contributed by atoms with E-state index in [1.807, 2.05) is 6.07 Å². The molecule has 0 aliphatic carbocycles. The summed E-state index contributed by atoms with van der Waals surface area (Å²) in [5, 5.41) is 18.8. The van der Waals surface area contributed by atoms with Crippen molar-refractivity contribution in [2.24, 2.45) is 10.2 Å². The smallest absolute Gasteiger partial charge is 0.217 e. The van der Waals surface area contributed by atoms with E-state index in [0.717, 1.165) is 0 Å². The zero-order chi connectivity index (χ0) is 19.9. The number of ketones is 2. The molecule has 0 spiro atoms. The standard InChI is InChI=1S/C23H18N2O3/c1-16(26)17-12-14-20(15-13-17)24-25-21(22(27)18-8-4-2-5-9-18)23(28)19-10-6-3-7-11-19/h2-15,27H,1H3/b22-21-,25-24?. The van der Waals surface area contributed by atoms with Gasteiger partial charge < -0.3 is 5.11 Å². The van der Waals surface area contributed by atoms with E-state index in [0.29, 0.717) is 22.4 Å². The summed E-state index contributed by atoms with van der Waals surface area (Å²) in [6, 6.07) is 23.8. The van der Waals surface area contributed by atoms with Crippen molar-refractivity contribution >= 4 is 23.0 Å². The fourth-order valence-corrected chi connectivity index (χ4v) is 2.53. The maximum Gasteiger partial charge on any atom is 0.217 e. The lowest BCUT2D eigenvalue weighted by Gasteiger charge is -2.06. The van der Waals surface area contributed by atoms with Crippen molar-refractivity contribution in [3.8, 4) is 0 Å². The van der Waals surface area contributed by atoms with Crippen LogP contribution in [0.5, 0.6) is 0 Å². The minimum atomic E-state index is -0.439. The Balaban J connectivity index is 2.01. The van der Waals surface area contributed by atoms with Crippen LogP contribution < -0.4 is 0 Å². The Morgan fingerprint density at radius 2 is 1.25 bits per heavy atom. The van der Waals surface area contributed by atoms with Crippen LogP contribution >= 0.6 is 0 Å². The first-order chi connectivity index (χ1) is 13.6. The molecule has 0 saturated heterocycles. The highest BCUT2D eigenvalue weighted by Crippen LogP contribution is 2.23. The van der Waals surface area contributed by atoms with E-state index >= 15 is 0 Å². The summed E-state index contributed by atoms with van der Waals surface area (Å²) in [6.45, 7) is 1.48. The van der Waals surface area contributed by atoms with Gasteiger partial charge in [-0.2, -0.15) is 5.11 Å². The van der Waals surface area contributed by atoms with Gasteiger partial charge in [-0.25, -0.2) is 0 Å². The van der Waals surface area contributed by atoms with Crippen molar-refractivity contribution in [1.82, 2.24) is 0 Å². The molecule has 0 aromatic heterocycles. The Hall–Kier alpha value is -3.86. The predicted molar refractivity (Wildman–Crippen MR) is 108 cm³/mol. The summed E-state index contributed by atoms with van der Waals surface area (Å²) in [4.78, 5) is 24.3. The fourth-order valence-electron chi connectivity index (χ4n) is 2.53. The van der Waals surface area contributed by atoms with E-state index < -0.39 is 5.78 Å². The van der Waals surface area contributed by atoms with Crippen LogP contribution in [-0.2, 0) is 0 Å². The summed E-state index contributed by atoms with van der Waals surface area (Å²) >= 11 is 0. The van der Waals surface area contributed by atoms with Gasteiger partial charge in [0.2, 0.25) is 5.78 Å². The third-order valence-electron chi connectivity index (χ3n) is 4.06. The molecular weight excluding hydrogens is 352 g/mol. The lowest BCUT2D eigenvalue weighted by Crippen LogP contribution is -2.04. The molecule has 0 bridgehead atoms. The number of Topliss-reactive ketones (excluding diaryl/α,β-unsaturated/α-hetero) is 2. The van der Waals surface area contributed by atoms with Gasteiger partial charge in [0, 0.05) is 16.7 Å². The van der Waals surface area contributed by atoms with Gasteiger partial charge in [0.1, 0.15) is 0 Å². The topological polar surface area (TPSA) is 79.1 Å². The molecule has 0 unspecified atom stereocenters. The third kappa shape index (κ3) is 4.45. The minimum absolute atomic E-state index is 0.0509. The van der Waals surface area contributed by atoms with E-state index in [9.17, 15) is 14.7 Å². The second-order valence-corrected chi connectivity index (χ2v) is 6.06. The molecule has 28 heavy (non-hydrogen) atoms. The Labute approximate surface area is 162 Å². The maximum atomic E-state index is 12.9. The van der Waals surface area contributed by atoms with E-state index in [2.05, 4.69) is 10.2 Å². The van der Waals surface area contributed by atoms with Gasteiger partial charge in [-0.15, -0.1) is 5.11 Å². The van der Waals surface area contributed by atoms with Gasteiger partial charge in [-0.1, -0.05) is 60.7 Å². The average molecular weight is 370 g/mol. The first-order valence-electron chi connectivity index (χ1n) is 8.67. The van der Waals surface area contributed by atoms with Crippen LogP contribution in [0.25, 0.3) is 5.76 Å². The van der Waals surface area contributed by atoms with Gasteiger partial charge in [0.05, 0.1) is 5.69 Å². The van der Waals surface area contributed by atoms with Crippen molar-refractivity contribution in [2.75, 3.05) is 0 Å². The van der Waals surface area contributed by atoms with E-state index in [4.69, 9.17) is 0 Å². The molecule has 0 heterocycles. The third-order valence-corrected chi connectivity index (χ3v) is 4.06. The zero-order valence-electron chi connectivity index (χ0n) is 15.2. The molecule has 0 aliphatic heterocycles. The number of allylic oxidation sites excluding steroid dienone is 1. The van der Waals surface area contributed by atoms with Crippen molar-refractivity contribution < 1.29 is 14.7 Å². The molecule has 0 aliphatic rings. The molecule has 138 valence electrons. The average Bonchev–Trinajstić information content (AvgIpc) is 2.75. The van der Waals surface area contributed by atoms with Gasteiger partial charge in [-0.05, 0) is 31.2 Å². The van der Waals surface area contributed by atoms with Gasteiger partial charge in [0.25, 0.3) is 0 Å². The molecule has 0 amide bonds. The lowest BCUT2D eigenvalue weighted by atomic mass is 10.1. The molecule has 1 N–H and O–H groups in total. The highest BCUT2D eigenvalue weighted by atomic mass is 16.3. The number of aliphatic hydroxyl groups is 1. The molecule has 5 nitrogen and oxygen atoms in total. The Morgan fingerprint density at radius 1 is 0.714 bits per heavy atom.